The number of nitrogens with one attached hydrogen (secondary N) is 1. The molecule has 0 aliphatic heterocycles. The minimum absolute atomic E-state index is 0.350. The van der Waals surface area contributed by atoms with Crippen molar-refractivity contribution in [3.8, 4) is 11.9 Å². The van der Waals surface area contributed by atoms with Crippen LogP contribution in [0, 0.1) is 19.8 Å². The first-order valence-corrected chi connectivity index (χ1v) is 7.17. The smallest absolute Gasteiger partial charge is 0.323 e. The van der Waals surface area contributed by atoms with Gasteiger partial charge in [0.05, 0.1) is 5.69 Å². The SMILES string of the molecule is Cc1cc(Oc2ncc(CNCC(C)C)c(C)n2)n(C)n1. The van der Waals surface area contributed by atoms with Crippen molar-refractivity contribution >= 4 is 0 Å². The van der Waals surface area contributed by atoms with Gasteiger partial charge in [-0.2, -0.15) is 10.1 Å². The van der Waals surface area contributed by atoms with Crippen molar-refractivity contribution in [1.82, 2.24) is 25.1 Å². The van der Waals surface area contributed by atoms with E-state index in [0.717, 1.165) is 30.0 Å². The lowest BCUT2D eigenvalue weighted by Crippen LogP contribution is -2.20. The molecule has 0 saturated heterocycles. The van der Waals surface area contributed by atoms with Gasteiger partial charge in [-0.1, -0.05) is 13.8 Å². The van der Waals surface area contributed by atoms with Crippen molar-refractivity contribution in [2.24, 2.45) is 13.0 Å². The number of aryl methyl sites for hydroxylation is 3. The third kappa shape index (κ3) is 4.26. The van der Waals surface area contributed by atoms with E-state index in [1.54, 1.807) is 4.68 Å². The summed E-state index contributed by atoms with van der Waals surface area (Å²) in [5.41, 5.74) is 2.91. The van der Waals surface area contributed by atoms with Crippen LogP contribution in [0.15, 0.2) is 12.3 Å². The van der Waals surface area contributed by atoms with Gasteiger partial charge in [-0.3, -0.25) is 0 Å². The van der Waals surface area contributed by atoms with Crippen molar-refractivity contribution < 1.29 is 4.74 Å². The Labute approximate surface area is 125 Å². The predicted molar refractivity (Wildman–Crippen MR) is 81.3 cm³/mol. The fourth-order valence-corrected chi connectivity index (χ4v) is 1.96. The zero-order chi connectivity index (χ0) is 15.4. The molecule has 0 amide bonds. The van der Waals surface area contributed by atoms with Crippen molar-refractivity contribution in [2.45, 2.75) is 34.2 Å². The molecule has 21 heavy (non-hydrogen) atoms. The van der Waals surface area contributed by atoms with E-state index in [9.17, 15) is 0 Å². The first-order valence-electron chi connectivity index (χ1n) is 7.17. The summed E-state index contributed by atoms with van der Waals surface area (Å²) in [6.07, 6.45) is 1.81. The van der Waals surface area contributed by atoms with Crippen LogP contribution < -0.4 is 10.1 Å². The van der Waals surface area contributed by atoms with Crippen LogP contribution in [-0.4, -0.2) is 26.3 Å². The van der Waals surface area contributed by atoms with Crippen molar-refractivity contribution in [2.75, 3.05) is 6.54 Å². The summed E-state index contributed by atoms with van der Waals surface area (Å²) in [6, 6.07) is 2.21. The molecule has 0 radical (unpaired) electrons. The Morgan fingerprint density at radius 2 is 2.10 bits per heavy atom. The Hall–Kier alpha value is -1.95. The Kier molecular flexibility index (Phi) is 4.90. The van der Waals surface area contributed by atoms with E-state index in [2.05, 4.69) is 34.2 Å². The zero-order valence-corrected chi connectivity index (χ0v) is 13.3. The first-order chi connectivity index (χ1) is 9.95. The zero-order valence-electron chi connectivity index (χ0n) is 13.3. The second-order valence-corrected chi connectivity index (χ2v) is 5.64. The number of aromatic nitrogens is 4. The van der Waals surface area contributed by atoms with E-state index in [0.29, 0.717) is 17.8 Å². The largest absolute Gasteiger partial charge is 0.405 e. The number of hydrogen-bond donors (Lipinski definition) is 1. The summed E-state index contributed by atoms with van der Waals surface area (Å²) in [7, 11) is 1.83. The molecular formula is C15H23N5O. The van der Waals surface area contributed by atoms with Crippen LogP contribution in [0.5, 0.6) is 11.9 Å². The molecule has 0 aliphatic carbocycles. The lowest BCUT2D eigenvalue weighted by molar-refractivity contribution is 0.397. The van der Waals surface area contributed by atoms with E-state index in [1.165, 1.54) is 0 Å². The molecule has 114 valence electrons. The molecule has 1 N–H and O–H groups in total. The maximum atomic E-state index is 5.67. The van der Waals surface area contributed by atoms with Crippen LogP contribution in [0.25, 0.3) is 0 Å². The minimum Gasteiger partial charge on any atom is -0.405 e. The number of nitrogens with zero attached hydrogens (tertiary/aromatic N) is 4. The van der Waals surface area contributed by atoms with Crippen LogP contribution in [0.1, 0.15) is 30.8 Å². The molecule has 0 fully saturated rings. The fraction of sp³-hybridized carbons (Fsp3) is 0.533. The van der Waals surface area contributed by atoms with Gasteiger partial charge in [-0.05, 0) is 26.3 Å². The summed E-state index contributed by atoms with van der Waals surface area (Å²) in [6.45, 7) is 10.0. The third-order valence-electron chi connectivity index (χ3n) is 3.08. The van der Waals surface area contributed by atoms with Crippen molar-refractivity contribution in [3.63, 3.8) is 0 Å². The fourth-order valence-electron chi connectivity index (χ4n) is 1.96. The molecule has 2 heterocycles. The molecule has 6 nitrogen and oxygen atoms in total. The average Bonchev–Trinajstić information content (AvgIpc) is 2.70. The molecule has 0 spiro atoms. The lowest BCUT2D eigenvalue weighted by Gasteiger charge is -2.10. The van der Waals surface area contributed by atoms with E-state index in [-0.39, 0.29) is 0 Å². The van der Waals surface area contributed by atoms with Crippen LogP contribution >= 0.6 is 0 Å². The molecule has 0 unspecified atom stereocenters. The molecule has 2 aromatic heterocycles. The summed E-state index contributed by atoms with van der Waals surface area (Å²) in [5, 5.41) is 7.62. The topological polar surface area (TPSA) is 64.9 Å². The summed E-state index contributed by atoms with van der Waals surface area (Å²) in [5.74, 6) is 1.26. The molecule has 6 heteroatoms. The van der Waals surface area contributed by atoms with Gasteiger partial charge in [0, 0.05) is 37.1 Å². The van der Waals surface area contributed by atoms with Gasteiger partial charge < -0.3 is 10.1 Å². The highest BCUT2D eigenvalue weighted by Crippen LogP contribution is 2.18. The first kappa shape index (κ1) is 15.4. The second-order valence-electron chi connectivity index (χ2n) is 5.64. The summed E-state index contributed by atoms with van der Waals surface area (Å²) in [4.78, 5) is 8.67. The Morgan fingerprint density at radius 1 is 1.33 bits per heavy atom. The molecule has 0 atom stereocenters. The summed E-state index contributed by atoms with van der Waals surface area (Å²) < 4.78 is 7.34. The molecule has 0 bridgehead atoms. The van der Waals surface area contributed by atoms with E-state index < -0.39 is 0 Å². The second kappa shape index (κ2) is 6.67. The monoisotopic (exact) mass is 289 g/mol. The molecule has 2 rings (SSSR count). The van der Waals surface area contributed by atoms with Gasteiger partial charge in [0.1, 0.15) is 0 Å². The van der Waals surface area contributed by atoms with Crippen LogP contribution in [0.2, 0.25) is 0 Å². The van der Waals surface area contributed by atoms with Crippen LogP contribution in [-0.2, 0) is 13.6 Å². The van der Waals surface area contributed by atoms with Crippen molar-refractivity contribution in [3.05, 3.63) is 29.2 Å². The normalized spacial score (nSPS) is 11.1. The quantitative estimate of drug-likeness (QED) is 0.884. The molecular weight excluding hydrogens is 266 g/mol. The number of hydrogen-bond acceptors (Lipinski definition) is 5. The number of ether oxygens (including phenoxy) is 1. The third-order valence-corrected chi connectivity index (χ3v) is 3.08. The van der Waals surface area contributed by atoms with Gasteiger partial charge in [0.15, 0.2) is 0 Å². The highest BCUT2D eigenvalue weighted by Gasteiger charge is 2.09. The maximum absolute atomic E-state index is 5.67. The maximum Gasteiger partial charge on any atom is 0.323 e. The highest BCUT2D eigenvalue weighted by molar-refractivity contribution is 5.22. The number of rotatable bonds is 6. The molecule has 0 saturated carbocycles. The standard InChI is InChI=1S/C15H23N5O/c1-10(2)7-16-8-13-9-17-15(18-12(13)4)21-14-6-11(3)19-20(14)5/h6,9-10,16H,7-8H2,1-5H3. The molecule has 0 aliphatic rings. The molecule has 2 aromatic rings. The lowest BCUT2D eigenvalue weighted by atomic mass is 10.2. The van der Waals surface area contributed by atoms with Crippen LogP contribution in [0.4, 0.5) is 0 Å². The minimum atomic E-state index is 0.350. The van der Waals surface area contributed by atoms with Gasteiger partial charge in [0.25, 0.3) is 0 Å². The van der Waals surface area contributed by atoms with Gasteiger partial charge in [-0.15, -0.1) is 0 Å². The van der Waals surface area contributed by atoms with Gasteiger partial charge >= 0.3 is 6.01 Å². The average molecular weight is 289 g/mol. The Morgan fingerprint density at radius 3 is 2.67 bits per heavy atom. The summed E-state index contributed by atoms with van der Waals surface area (Å²) >= 11 is 0. The molecule has 0 aromatic carbocycles. The predicted octanol–water partition coefficient (Wildman–Crippen LogP) is 2.36. The van der Waals surface area contributed by atoms with E-state index >= 15 is 0 Å². The van der Waals surface area contributed by atoms with Crippen LogP contribution in [0.3, 0.4) is 0 Å². The van der Waals surface area contributed by atoms with Gasteiger partial charge in [0.2, 0.25) is 5.88 Å². The Bertz CT molecular complexity index is 606. The highest BCUT2D eigenvalue weighted by atomic mass is 16.5. The van der Waals surface area contributed by atoms with Gasteiger partial charge in [-0.25, -0.2) is 9.67 Å². The van der Waals surface area contributed by atoms with E-state index in [1.807, 2.05) is 33.2 Å². The van der Waals surface area contributed by atoms with Crippen molar-refractivity contribution in [1.29, 1.82) is 0 Å². The Balaban J connectivity index is 2.03. The van der Waals surface area contributed by atoms with E-state index in [4.69, 9.17) is 4.74 Å².